The molecule has 9 heteroatoms. The number of benzene rings is 1. The molecule has 1 aliphatic heterocycles. The lowest BCUT2D eigenvalue weighted by molar-refractivity contribution is -0.274. The summed E-state index contributed by atoms with van der Waals surface area (Å²) in [6.07, 6.45) is -2.17. The van der Waals surface area contributed by atoms with Crippen LogP contribution in [0.25, 0.3) is 0 Å². The number of carboxylic acid groups (broad SMARTS) is 1. The van der Waals surface area contributed by atoms with Crippen LogP contribution in [0.3, 0.4) is 0 Å². The molecule has 0 bridgehead atoms. The normalized spacial score (nSPS) is 20.7. The molecule has 2 atom stereocenters. The van der Waals surface area contributed by atoms with Crippen LogP contribution in [0.5, 0.6) is 11.5 Å². The van der Waals surface area contributed by atoms with E-state index in [1.807, 2.05) is 0 Å². The molecule has 1 aliphatic rings. The van der Waals surface area contributed by atoms with Crippen molar-refractivity contribution in [3.05, 3.63) is 24.3 Å². The second kappa shape index (κ2) is 10.5. The van der Waals surface area contributed by atoms with Crippen molar-refractivity contribution in [2.45, 2.75) is 51.1 Å². The van der Waals surface area contributed by atoms with E-state index in [1.54, 1.807) is 0 Å². The molecule has 1 fully saturated rings. The van der Waals surface area contributed by atoms with Crippen molar-refractivity contribution in [2.24, 2.45) is 0 Å². The van der Waals surface area contributed by atoms with Crippen LogP contribution >= 0.6 is 0 Å². The molecular formula is C19H26F3NO5. The Morgan fingerprint density at radius 3 is 2.50 bits per heavy atom. The minimum Gasteiger partial charge on any atom is -0.490 e. The zero-order valence-electron chi connectivity index (χ0n) is 15.8. The maximum atomic E-state index is 12.2. The highest BCUT2D eigenvalue weighted by Gasteiger charge is 2.31. The summed E-state index contributed by atoms with van der Waals surface area (Å²) in [5, 5.41) is 8.60. The van der Waals surface area contributed by atoms with E-state index in [4.69, 9.17) is 14.6 Å². The minimum absolute atomic E-state index is 0.0000785. The highest BCUT2D eigenvalue weighted by Crippen LogP contribution is 2.28. The molecule has 1 N–H and O–H groups in total. The summed E-state index contributed by atoms with van der Waals surface area (Å²) in [5.41, 5.74) is 0. The van der Waals surface area contributed by atoms with Crippen LogP contribution in [0.1, 0.15) is 32.6 Å². The maximum Gasteiger partial charge on any atom is 0.573 e. The zero-order valence-corrected chi connectivity index (χ0v) is 15.8. The molecule has 28 heavy (non-hydrogen) atoms. The first-order valence-corrected chi connectivity index (χ1v) is 9.33. The molecule has 0 spiro atoms. The number of rotatable bonds is 10. The Kier molecular flexibility index (Phi) is 8.37. The van der Waals surface area contributed by atoms with E-state index >= 15 is 0 Å². The van der Waals surface area contributed by atoms with E-state index in [0.717, 1.165) is 32.4 Å². The minimum atomic E-state index is -4.71. The highest BCUT2D eigenvalue weighted by atomic mass is 19.4. The predicted molar refractivity (Wildman–Crippen MR) is 95.5 cm³/mol. The maximum absolute atomic E-state index is 12.2. The fraction of sp³-hybridized carbons (Fsp3) is 0.632. The average Bonchev–Trinajstić information content (AvgIpc) is 2.62. The molecule has 1 aromatic carbocycles. The standard InChI is InChI=1S/C19H26F3NO5/c1-2-14-13-17(7-9-23(14)10-12-26-11-8-18(24)25)27-15-3-5-16(6-4-15)28-19(20,21)22/h3-6,14,17H,2,7-13H2,1H3,(H,24,25). The Morgan fingerprint density at radius 1 is 1.21 bits per heavy atom. The third-order valence-corrected chi connectivity index (χ3v) is 4.60. The van der Waals surface area contributed by atoms with Crippen molar-refractivity contribution in [3.8, 4) is 11.5 Å². The van der Waals surface area contributed by atoms with Gasteiger partial charge >= 0.3 is 12.3 Å². The van der Waals surface area contributed by atoms with Gasteiger partial charge in [0.1, 0.15) is 17.6 Å². The number of likely N-dealkylation sites (tertiary alicyclic amines) is 1. The summed E-state index contributed by atoms with van der Waals surface area (Å²) in [4.78, 5) is 12.8. The van der Waals surface area contributed by atoms with Gasteiger partial charge in [-0.25, -0.2) is 0 Å². The van der Waals surface area contributed by atoms with E-state index in [0.29, 0.717) is 18.4 Å². The van der Waals surface area contributed by atoms with Crippen LogP contribution < -0.4 is 9.47 Å². The first-order chi connectivity index (χ1) is 13.3. The molecule has 1 saturated heterocycles. The summed E-state index contributed by atoms with van der Waals surface area (Å²) in [5.74, 6) is -0.633. The Hall–Kier alpha value is -2.00. The number of hydrogen-bond acceptors (Lipinski definition) is 5. The van der Waals surface area contributed by atoms with E-state index < -0.39 is 12.3 Å². The fourth-order valence-corrected chi connectivity index (χ4v) is 3.24. The van der Waals surface area contributed by atoms with Crippen molar-refractivity contribution in [2.75, 3.05) is 26.3 Å². The van der Waals surface area contributed by atoms with Gasteiger partial charge in [0.2, 0.25) is 0 Å². The quantitative estimate of drug-likeness (QED) is 0.599. The Balaban J connectivity index is 1.77. The highest BCUT2D eigenvalue weighted by molar-refractivity contribution is 5.66. The Bertz CT molecular complexity index is 609. The molecule has 1 heterocycles. The largest absolute Gasteiger partial charge is 0.573 e. The number of alkyl halides is 3. The van der Waals surface area contributed by atoms with E-state index in [2.05, 4.69) is 16.6 Å². The van der Waals surface area contributed by atoms with Gasteiger partial charge in [0.25, 0.3) is 0 Å². The molecule has 158 valence electrons. The molecule has 2 rings (SSSR count). The number of hydrogen-bond donors (Lipinski definition) is 1. The lowest BCUT2D eigenvalue weighted by atomic mass is 9.97. The van der Waals surface area contributed by atoms with Gasteiger partial charge in [-0.1, -0.05) is 6.92 Å². The summed E-state index contributed by atoms with van der Waals surface area (Å²) < 4.78 is 51.8. The Labute approximate surface area is 162 Å². The van der Waals surface area contributed by atoms with Crippen molar-refractivity contribution in [1.29, 1.82) is 0 Å². The third-order valence-electron chi connectivity index (χ3n) is 4.60. The van der Waals surface area contributed by atoms with Crippen LogP contribution in [-0.4, -0.2) is 60.8 Å². The van der Waals surface area contributed by atoms with E-state index in [-0.39, 0.29) is 24.9 Å². The molecule has 1 aromatic rings. The van der Waals surface area contributed by atoms with Gasteiger partial charge in [0.05, 0.1) is 19.6 Å². The number of ether oxygens (including phenoxy) is 3. The molecular weight excluding hydrogens is 379 g/mol. The van der Waals surface area contributed by atoms with E-state index in [1.165, 1.54) is 24.3 Å². The average molecular weight is 405 g/mol. The second-order valence-corrected chi connectivity index (χ2v) is 6.64. The monoisotopic (exact) mass is 405 g/mol. The molecule has 0 amide bonds. The van der Waals surface area contributed by atoms with Gasteiger partial charge < -0.3 is 19.3 Å². The number of piperidine rings is 1. The Morgan fingerprint density at radius 2 is 1.89 bits per heavy atom. The van der Waals surface area contributed by atoms with Gasteiger partial charge in [-0.15, -0.1) is 13.2 Å². The fourth-order valence-electron chi connectivity index (χ4n) is 3.24. The molecule has 0 radical (unpaired) electrons. The number of halogens is 3. The lowest BCUT2D eigenvalue weighted by Gasteiger charge is -2.39. The SMILES string of the molecule is CCC1CC(Oc2ccc(OC(F)(F)F)cc2)CCN1CCOCCC(=O)O. The molecule has 0 aromatic heterocycles. The third kappa shape index (κ3) is 7.93. The lowest BCUT2D eigenvalue weighted by Crippen LogP contribution is -2.46. The number of nitrogens with zero attached hydrogens (tertiary/aromatic N) is 1. The van der Waals surface area contributed by atoms with Crippen LogP contribution in [0.15, 0.2) is 24.3 Å². The number of carboxylic acids is 1. The van der Waals surface area contributed by atoms with Crippen LogP contribution in [0, 0.1) is 0 Å². The summed E-state index contributed by atoms with van der Waals surface area (Å²) >= 11 is 0. The topological polar surface area (TPSA) is 68.2 Å². The van der Waals surface area contributed by atoms with Gasteiger partial charge in [-0.05, 0) is 43.5 Å². The molecule has 2 unspecified atom stereocenters. The number of aliphatic carboxylic acids is 1. The van der Waals surface area contributed by atoms with Gasteiger partial charge in [-0.3, -0.25) is 9.69 Å². The molecule has 0 saturated carbocycles. The summed E-state index contributed by atoms with van der Waals surface area (Å²) in [6.45, 7) is 4.33. The van der Waals surface area contributed by atoms with Crippen molar-refractivity contribution in [1.82, 2.24) is 4.90 Å². The van der Waals surface area contributed by atoms with Crippen LogP contribution in [0.4, 0.5) is 13.2 Å². The molecule has 6 nitrogen and oxygen atoms in total. The van der Waals surface area contributed by atoms with Crippen molar-refractivity contribution >= 4 is 5.97 Å². The van der Waals surface area contributed by atoms with Gasteiger partial charge in [-0.2, -0.15) is 0 Å². The predicted octanol–water partition coefficient (Wildman–Crippen LogP) is 3.70. The van der Waals surface area contributed by atoms with E-state index in [9.17, 15) is 18.0 Å². The smallest absolute Gasteiger partial charge is 0.490 e. The van der Waals surface area contributed by atoms with Crippen LogP contribution in [-0.2, 0) is 9.53 Å². The molecule has 0 aliphatic carbocycles. The van der Waals surface area contributed by atoms with Crippen molar-refractivity contribution < 1.29 is 37.3 Å². The van der Waals surface area contributed by atoms with Crippen molar-refractivity contribution in [3.63, 3.8) is 0 Å². The number of carbonyl (C=O) groups is 1. The second-order valence-electron chi connectivity index (χ2n) is 6.64. The zero-order chi connectivity index (χ0) is 20.6. The first-order valence-electron chi connectivity index (χ1n) is 9.33. The van der Waals surface area contributed by atoms with Crippen LogP contribution in [0.2, 0.25) is 0 Å². The first kappa shape index (κ1) is 22.3. The summed E-state index contributed by atoms with van der Waals surface area (Å²) in [7, 11) is 0. The van der Waals surface area contributed by atoms with Gasteiger partial charge in [0.15, 0.2) is 0 Å². The summed E-state index contributed by atoms with van der Waals surface area (Å²) in [6, 6.07) is 5.75. The van der Waals surface area contributed by atoms with Gasteiger partial charge in [0, 0.05) is 19.1 Å².